The van der Waals surface area contributed by atoms with E-state index in [-0.39, 0.29) is 18.2 Å². The number of carbonyl (C=O) groups excluding carboxylic acids is 1. The molecule has 1 N–H and O–H groups in total. The van der Waals surface area contributed by atoms with Gasteiger partial charge in [0.25, 0.3) is 0 Å². The highest BCUT2D eigenvalue weighted by molar-refractivity contribution is 7.89. The molecular weight excluding hydrogens is 330 g/mol. The van der Waals surface area contributed by atoms with Gasteiger partial charge in [0.15, 0.2) is 0 Å². The zero-order valence-corrected chi connectivity index (χ0v) is 15.0. The van der Waals surface area contributed by atoms with Crippen molar-refractivity contribution >= 4 is 15.9 Å². The second-order valence-corrected chi connectivity index (χ2v) is 7.98. The minimum Gasteiger partial charge on any atom is -0.379 e. The van der Waals surface area contributed by atoms with Gasteiger partial charge < -0.3 is 10.1 Å². The molecule has 134 valence electrons. The van der Waals surface area contributed by atoms with Gasteiger partial charge in [0.05, 0.1) is 19.0 Å². The van der Waals surface area contributed by atoms with Gasteiger partial charge in [-0.2, -0.15) is 4.31 Å². The number of sulfonamides is 1. The van der Waals surface area contributed by atoms with Crippen LogP contribution in [0.5, 0.6) is 0 Å². The van der Waals surface area contributed by atoms with Gasteiger partial charge in [0.2, 0.25) is 15.9 Å². The molecule has 0 spiro atoms. The summed E-state index contributed by atoms with van der Waals surface area (Å²) in [7, 11) is 0.278. The lowest BCUT2D eigenvalue weighted by Crippen LogP contribution is -2.45. The van der Waals surface area contributed by atoms with Crippen molar-refractivity contribution in [3.8, 4) is 0 Å². The largest absolute Gasteiger partial charge is 0.379 e. The number of nitrogens with zero attached hydrogens (tertiary/aromatic N) is 2. The maximum absolute atomic E-state index is 12.5. The Kier molecular flexibility index (Phi) is 6.73. The average Bonchev–Trinajstić information content (AvgIpc) is 2.56. The fraction of sp³-hybridized carbons (Fsp3) is 0.562. The SMILES string of the molecule is CN(C)C(C(=O)NCCS(=O)(=O)N1CCOCC1)c1ccccc1. The number of nitrogens with one attached hydrogen (secondary N) is 1. The Morgan fingerprint density at radius 1 is 1.25 bits per heavy atom. The number of hydrogen-bond acceptors (Lipinski definition) is 5. The Morgan fingerprint density at radius 2 is 1.88 bits per heavy atom. The molecule has 1 aliphatic heterocycles. The van der Waals surface area contributed by atoms with Crippen LogP contribution in [0.15, 0.2) is 30.3 Å². The Bertz CT molecular complexity index is 628. The summed E-state index contributed by atoms with van der Waals surface area (Å²) in [6.07, 6.45) is 0. The third kappa shape index (κ3) is 5.01. The van der Waals surface area contributed by atoms with Crippen LogP contribution in [0.4, 0.5) is 0 Å². The van der Waals surface area contributed by atoms with Crippen molar-refractivity contribution in [2.45, 2.75) is 6.04 Å². The lowest BCUT2D eigenvalue weighted by Gasteiger charge is -2.27. The molecule has 1 aromatic carbocycles. The molecule has 1 heterocycles. The second kappa shape index (κ2) is 8.57. The van der Waals surface area contributed by atoms with E-state index in [1.807, 2.05) is 44.4 Å². The van der Waals surface area contributed by atoms with E-state index >= 15 is 0 Å². The zero-order valence-electron chi connectivity index (χ0n) is 14.1. The van der Waals surface area contributed by atoms with E-state index in [2.05, 4.69) is 5.32 Å². The van der Waals surface area contributed by atoms with E-state index in [4.69, 9.17) is 4.74 Å². The second-order valence-electron chi connectivity index (χ2n) is 5.90. The molecule has 1 amide bonds. The standard InChI is InChI=1S/C16H25N3O4S/c1-18(2)15(14-6-4-3-5-7-14)16(20)17-8-13-24(21,22)19-9-11-23-12-10-19/h3-7,15H,8-13H2,1-2H3,(H,17,20). The predicted molar refractivity (Wildman–Crippen MR) is 92.1 cm³/mol. The summed E-state index contributed by atoms with van der Waals surface area (Å²) in [4.78, 5) is 14.3. The highest BCUT2D eigenvalue weighted by Gasteiger charge is 2.26. The third-order valence-corrected chi connectivity index (χ3v) is 5.77. The minimum atomic E-state index is -3.36. The van der Waals surface area contributed by atoms with Gasteiger partial charge >= 0.3 is 0 Å². The van der Waals surface area contributed by atoms with E-state index < -0.39 is 16.1 Å². The molecule has 0 radical (unpaired) electrons. The molecule has 1 atom stereocenters. The van der Waals surface area contributed by atoms with E-state index in [0.717, 1.165) is 5.56 Å². The van der Waals surface area contributed by atoms with Gasteiger partial charge in [0.1, 0.15) is 6.04 Å². The van der Waals surface area contributed by atoms with Gasteiger partial charge in [-0.15, -0.1) is 0 Å². The van der Waals surface area contributed by atoms with Crippen molar-refractivity contribution in [2.75, 3.05) is 52.7 Å². The quantitative estimate of drug-likeness (QED) is 0.749. The molecule has 0 saturated carbocycles. The van der Waals surface area contributed by atoms with Crippen LogP contribution >= 0.6 is 0 Å². The van der Waals surface area contributed by atoms with Crippen LogP contribution in [-0.2, 0) is 19.6 Å². The van der Waals surface area contributed by atoms with Crippen molar-refractivity contribution in [2.24, 2.45) is 0 Å². The van der Waals surface area contributed by atoms with Crippen LogP contribution in [0.3, 0.4) is 0 Å². The van der Waals surface area contributed by atoms with E-state index in [1.54, 1.807) is 4.90 Å². The monoisotopic (exact) mass is 355 g/mol. The lowest BCUT2D eigenvalue weighted by atomic mass is 10.1. The smallest absolute Gasteiger partial charge is 0.241 e. The molecule has 0 aromatic heterocycles. The first-order chi connectivity index (χ1) is 11.4. The maximum Gasteiger partial charge on any atom is 0.241 e. The molecule has 1 unspecified atom stereocenters. The highest BCUT2D eigenvalue weighted by atomic mass is 32.2. The van der Waals surface area contributed by atoms with Crippen LogP contribution < -0.4 is 5.32 Å². The molecule has 7 nitrogen and oxygen atoms in total. The summed E-state index contributed by atoms with van der Waals surface area (Å²) in [6.45, 7) is 1.68. The molecule has 0 bridgehead atoms. The fourth-order valence-corrected chi connectivity index (χ4v) is 4.00. The van der Waals surface area contributed by atoms with Gasteiger partial charge in [0, 0.05) is 19.6 Å². The highest BCUT2D eigenvalue weighted by Crippen LogP contribution is 2.17. The van der Waals surface area contributed by atoms with Crippen molar-refractivity contribution in [1.82, 2.24) is 14.5 Å². The van der Waals surface area contributed by atoms with Crippen molar-refractivity contribution in [1.29, 1.82) is 0 Å². The summed E-state index contributed by atoms with van der Waals surface area (Å²) in [5.41, 5.74) is 0.871. The van der Waals surface area contributed by atoms with Crippen LogP contribution in [-0.4, -0.2) is 76.2 Å². The van der Waals surface area contributed by atoms with Crippen molar-refractivity contribution in [3.63, 3.8) is 0 Å². The van der Waals surface area contributed by atoms with Crippen LogP contribution in [0, 0.1) is 0 Å². The Labute approximate surface area is 143 Å². The molecule has 8 heteroatoms. The lowest BCUT2D eigenvalue weighted by molar-refractivity contribution is -0.125. The molecule has 24 heavy (non-hydrogen) atoms. The summed E-state index contributed by atoms with van der Waals surface area (Å²) < 4.78 is 31.1. The molecule has 1 aromatic rings. The van der Waals surface area contributed by atoms with Crippen LogP contribution in [0.2, 0.25) is 0 Å². The summed E-state index contributed by atoms with van der Waals surface area (Å²) in [6, 6.07) is 8.97. The molecular formula is C16H25N3O4S. The average molecular weight is 355 g/mol. The van der Waals surface area contributed by atoms with Gasteiger partial charge in [-0.05, 0) is 19.7 Å². The third-order valence-electron chi connectivity index (χ3n) is 3.90. The number of ether oxygens (including phenoxy) is 1. The van der Waals surface area contributed by atoms with Crippen LogP contribution in [0.25, 0.3) is 0 Å². The number of benzene rings is 1. The maximum atomic E-state index is 12.5. The molecule has 0 aliphatic carbocycles. The molecule has 1 aliphatic rings. The zero-order chi connectivity index (χ0) is 17.6. The van der Waals surface area contributed by atoms with E-state index in [0.29, 0.717) is 26.3 Å². The first-order valence-electron chi connectivity index (χ1n) is 7.96. The molecule has 2 rings (SSSR count). The van der Waals surface area contributed by atoms with Gasteiger partial charge in [-0.3, -0.25) is 9.69 Å². The summed E-state index contributed by atoms with van der Waals surface area (Å²) >= 11 is 0. The fourth-order valence-electron chi connectivity index (χ4n) is 2.67. The van der Waals surface area contributed by atoms with Gasteiger partial charge in [-0.1, -0.05) is 30.3 Å². The first kappa shape index (κ1) is 18.9. The normalized spacial score (nSPS) is 17.6. The first-order valence-corrected chi connectivity index (χ1v) is 9.57. The minimum absolute atomic E-state index is 0.0930. The van der Waals surface area contributed by atoms with Crippen LogP contribution in [0.1, 0.15) is 11.6 Å². The van der Waals surface area contributed by atoms with E-state index in [1.165, 1.54) is 4.31 Å². The molecule has 1 saturated heterocycles. The number of rotatable bonds is 7. The molecule has 1 fully saturated rings. The van der Waals surface area contributed by atoms with Crippen molar-refractivity contribution < 1.29 is 17.9 Å². The Hall–Kier alpha value is -1.48. The topological polar surface area (TPSA) is 79.0 Å². The summed E-state index contributed by atoms with van der Waals surface area (Å²) in [5, 5.41) is 2.74. The van der Waals surface area contributed by atoms with E-state index in [9.17, 15) is 13.2 Å². The predicted octanol–water partition coefficient (Wildman–Crippen LogP) is 0.0675. The van der Waals surface area contributed by atoms with Gasteiger partial charge in [-0.25, -0.2) is 8.42 Å². The number of carbonyl (C=O) groups is 1. The number of morpholine rings is 1. The Balaban J connectivity index is 1.91. The summed E-state index contributed by atoms with van der Waals surface area (Å²) in [5.74, 6) is -0.309. The van der Waals surface area contributed by atoms with Crippen molar-refractivity contribution in [3.05, 3.63) is 35.9 Å². The Morgan fingerprint density at radius 3 is 2.46 bits per heavy atom. The number of hydrogen-bond donors (Lipinski definition) is 1. The number of likely N-dealkylation sites (N-methyl/N-ethyl adjacent to an activating group) is 1. The number of amides is 1.